The molecule has 19 heavy (non-hydrogen) atoms. The third-order valence-electron chi connectivity index (χ3n) is 2.26. The van der Waals surface area contributed by atoms with E-state index in [0.29, 0.717) is 6.54 Å². The predicted octanol–water partition coefficient (Wildman–Crippen LogP) is 0.101. The number of nitrogens with one attached hydrogen (secondary N) is 1. The van der Waals surface area contributed by atoms with Crippen LogP contribution in [0.25, 0.3) is 0 Å². The number of carboxylic acid groups (broad SMARTS) is 1. The summed E-state index contributed by atoms with van der Waals surface area (Å²) in [6.07, 6.45) is 4.94. The molecule has 0 unspecified atom stereocenters. The van der Waals surface area contributed by atoms with E-state index in [2.05, 4.69) is 5.32 Å². The summed E-state index contributed by atoms with van der Waals surface area (Å²) >= 11 is 1.77. The van der Waals surface area contributed by atoms with Crippen molar-refractivity contribution >= 4 is 29.7 Å². The van der Waals surface area contributed by atoms with Crippen molar-refractivity contribution in [3.8, 4) is 0 Å². The van der Waals surface area contributed by atoms with Crippen LogP contribution in [0.15, 0.2) is 0 Å². The maximum Gasteiger partial charge on any atom is 0.323 e. The number of hydrogen-bond acceptors (Lipinski definition) is 4. The summed E-state index contributed by atoms with van der Waals surface area (Å²) in [7, 11) is 0. The Morgan fingerprint density at radius 1 is 1.21 bits per heavy atom. The van der Waals surface area contributed by atoms with Crippen LogP contribution >= 0.6 is 11.8 Å². The minimum Gasteiger partial charge on any atom is -0.480 e. The van der Waals surface area contributed by atoms with Crippen LogP contribution in [0.4, 0.5) is 4.79 Å². The largest absolute Gasteiger partial charge is 0.480 e. The third-order valence-corrected chi connectivity index (χ3v) is 2.96. The van der Waals surface area contributed by atoms with Gasteiger partial charge in [0.05, 0.1) is 0 Å². The number of nitrogens with two attached hydrogens (primary N) is 1. The number of hydrogen-bond donors (Lipinski definition) is 3. The van der Waals surface area contributed by atoms with Gasteiger partial charge in [0.15, 0.2) is 0 Å². The molecule has 0 atom stereocenters. The quantitative estimate of drug-likeness (QED) is 0.494. The van der Waals surface area contributed by atoms with Gasteiger partial charge in [-0.3, -0.25) is 9.59 Å². The highest BCUT2D eigenvalue weighted by atomic mass is 32.2. The lowest BCUT2D eigenvalue weighted by Crippen LogP contribution is -2.46. The van der Waals surface area contributed by atoms with Crippen LogP contribution in [0.5, 0.6) is 0 Å². The molecule has 0 saturated carbocycles. The van der Waals surface area contributed by atoms with E-state index in [1.807, 2.05) is 6.26 Å². The lowest BCUT2D eigenvalue weighted by Gasteiger charge is -2.19. The van der Waals surface area contributed by atoms with Crippen LogP contribution in [0.3, 0.4) is 0 Å². The summed E-state index contributed by atoms with van der Waals surface area (Å²) in [5.74, 6) is -0.839. The number of amides is 3. The van der Waals surface area contributed by atoms with Crippen molar-refractivity contribution in [2.75, 3.05) is 31.6 Å². The molecule has 8 heteroatoms. The molecule has 0 aromatic carbocycles. The first-order valence-electron chi connectivity index (χ1n) is 5.99. The topological polar surface area (TPSA) is 113 Å². The number of thioether (sulfide) groups is 1. The van der Waals surface area contributed by atoms with Crippen LogP contribution in [0.1, 0.15) is 19.3 Å². The van der Waals surface area contributed by atoms with E-state index in [0.717, 1.165) is 29.9 Å². The van der Waals surface area contributed by atoms with Gasteiger partial charge in [0.1, 0.15) is 13.1 Å². The molecule has 3 amide bonds. The number of nitrogens with zero attached hydrogens (tertiary/aromatic N) is 1. The van der Waals surface area contributed by atoms with Gasteiger partial charge >= 0.3 is 12.0 Å². The molecule has 0 aliphatic carbocycles. The van der Waals surface area contributed by atoms with Gasteiger partial charge in [-0.25, -0.2) is 4.79 Å². The predicted molar refractivity (Wildman–Crippen MR) is 74.0 cm³/mol. The van der Waals surface area contributed by atoms with Crippen molar-refractivity contribution in [1.82, 2.24) is 10.2 Å². The van der Waals surface area contributed by atoms with Gasteiger partial charge in [-0.05, 0) is 24.9 Å². The minimum atomic E-state index is -1.18. The molecular weight excluding hydrogens is 270 g/mol. The summed E-state index contributed by atoms with van der Waals surface area (Å²) in [5, 5.41) is 11.2. The number of carbonyl (C=O) groups excluding carboxylic acids is 2. The molecule has 4 N–H and O–H groups in total. The molecule has 0 saturated heterocycles. The average Bonchev–Trinajstić information content (AvgIpc) is 2.31. The first-order chi connectivity index (χ1) is 8.97. The van der Waals surface area contributed by atoms with E-state index in [1.54, 1.807) is 11.8 Å². The third kappa shape index (κ3) is 10.2. The Balaban J connectivity index is 3.96. The van der Waals surface area contributed by atoms with Crippen LogP contribution < -0.4 is 11.1 Å². The zero-order valence-corrected chi connectivity index (χ0v) is 11.9. The van der Waals surface area contributed by atoms with Crippen molar-refractivity contribution in [1.29, 1.82) is 0 Å². The first kappa shape index (κ1) is 17.6. The number of carbonyl (C=O) groups is 3. The second kappa shape index (κ2) is 10.5. The Bertz CT molecular complexity index is 296. The zero-order valence-electron chi connectivity index (χ0n) is 11.1. The van der Waals surface area contributed by atoms with Crippen molar-refractivity contribution < 1.29 is 19.5 Å². The standard InChI is InChI=1S/C11H21N3O4S/c1-19-6-4-2-3-5-13-11(18)14(7-9(12)15)8-10(16)17/h2-8H2,1H3,(H2,12,15)(H,13,18)(H,16,17). The summed E-state index contributed by atoms with van der Waals surface area (Å²) in [6, 6.07) is -0.578. The molecule has 0 aromatic heterocycles. The van der Waals surface area contributed by atoms with Crippen molar-refractivity contribution in [2.45, 2.75) is 19.3 Å². The molecular formula is C11H21N3O4S. The van der Waals surface area contributed by atoms with E-state index < -0.39 is 31.0 Å². The molecule has 0 radical (unpaired) electrons. The highest BCUT2D eigenvalue weighted by Crippen LogP contribution is 2.01. The molecule has 7 nitrogen and oxygen atoms in total. The maximum atomic E-state index is 11.6. The van der Waals surface area contributed by atoms with Gasteiger partial charge < -0.3 is 21.1 Å². The molecule has 0 aromatic rings. The molecule has 0 aliphatic rings. The van der Waals surface area contributed by atoms with Crippen LogP contribution in [0.2, 0.25) is 0 Å². The lowest BCUT2D eigenvalue weighted by molar-refractivity contribution is -0.137. The Morgan fingerprint density at radius 2 is 1.89 bits per heavy atom. The number of aliphatic carboxylic acids is 1. The van der Waals surface area contributed by atoms with Crippen molar-refractivity contribution in [3.63, 3.8) is 0 Å². The van der Waals surface area contributed by atoms with Crippen molar-refractivity contribution in [3.05, 3.63) is 0 Å². The fraction of sp³-hybridized carbons (Fsp3) is 0.727. The van der Waals surface area contributed by atoms with Gasteiger partial charge in [0.2, 0.25) is 5.91 Å². The first-order valence-corrected chi connectivity index (χ1v) is 7.38. The molecule has 0 spiro atoms. The van der Waals surface area contributed by atoms with E-state index in [-0.39, 0.29) is 0 Å². The monoisotopic (exact) mass is 291 g/mol. The number of unbranched alkanes of at least 4 members (excludes halogenated alkanes) is 2. The van der Waals surface area contributed by atoms with E-state index in [4.69, 9.17) is 10.8 Å². The second-order valence-corrected chi connectivity index (χ2v) is 4.99. The maximum absolute atomic E-state index is 11.6. The smallest absolute Gasteiger partial charge is 0.323 e. The highest BCUT2D eigenvalue weighted by Gasteiger charge is 2.17. The van der Waals surface area contributed by atoms with Gasteiger partial charge in [0, 0.05) is 6.54 Å². The lowest BCUT2D eigenvalue weighted by atomic mass is 10.2. The average molecular weight is 291 g/mol. The van der Waals surface area contributed by atoms with Crippen LogP contribution in [-0.2, 0) is 9.59 Å². The van der Waals surface area contributed by atoms with E-state index >= 15 is 0 Å². The Morgan fingerprint density at radius 3 is 2.42 bits per heavy atom. The molecule has 0 fully saturated rings. The SMILES string of the molecule is CSCCCCCNC(=O)N(CC(N)=O)CC(=O)O. The molecule has 0 heterocycles. The van der Waals surface area contributed by atoms with Gasteiger partial charge in [-0.15, -0.1) is 0 Å². The van der Waals surface area contributed by atoms with Gasteiger partial charge in [-0.1, -0.05) is 6.42 Å². The number of rotatable bonds is 10. The minimum absolute atomic E-state index is 0.398. The Labute approximate surface area is 116 Å². The van der Waals surface area contributed by atoms with Gasteiger partial charge in [0.25, 0.3) is 0 Å². The van der Waals surface area contributed by atoms with Crippen molar-refractivity contribution in [2.24, 2.45) is 5.73 Å². The number of primary amides is 1. The molecule has 0 bridgehead atoms. The van der Waals surface area contributed by atoms with E-state index in [1.165, 1.54) is 0 Å². The highest BCUT2D eigenvalue weighted by molar-refractivity contribution is 7.98. The fourth-order valence-corrected chi connectivity index (χ4v) is 1.90. The van der Waals surface area contributed by atoms with Crippen LogP contribution in [0, 0.1) is 0 Å². The fourth-order valence-electron chi connectivity index (χ4n) is 1.41. The zero-order chi connectivity index (χ0) is 14.7. The second-order valence-electron chi connectivity index (χ2n) is 4.00. The summed E-state index contributed by atoms with van der Waals surface area (Å²) in [5.41, 5.74) is 4.96. The summed E-state index contributed by atoms with van der Waals surface area (Å²) in [6.45, 7) is -0.478. The number of carboxylic acids is 1. The van der Waals surface area contributed by atoms with Crippen LogP contribution in [-0.4, -0.2) is 59.6 Å². The Hall–Kier alpha value is -1.44. The molecule has 0 rings (SSSR count). The van der Waals surface area contributed by atoms with E-state index in [9.17, 15) is 14.4 Å². The normalized spacial score (nSPS) is 9.95. The van der Waals surface area contributed by atoms with Gasteiger partial charge in [-0.2, -0.15) is 11.8 Å². The Kier molecular flexibility index (Phi) is 9.69. The number of urea groups is 1. The molecule has 0 aliphatic heterocycles. The molecule has 110 valence electrons. The summed E-state index contributed by atoms with van der Waals surface area (Å²) < 4.78 is 0. The summed E-state index contributed by atoms with van der Waals surface area (Å²) in [4.78, 5) is 33.8.